The van der Waals surface area contributed by atoms with E-state index < -0.39 is 12.0 Å². The maximum atomic E-state index is 12.6. The van der Waals surface area contributed by atoms with E-state index >= 15 is 0 Å². The predicted molar refractivity (Wildman–Crippen MR) is 103 cm³/mol. The molecule has 0 radical (unpaired) electrons. The summed E-state index contributed by atoms with van der Waals surface area (Å²) >= 11 is 0. The quantitative estimate of drug-likeness (QED) is 0.776. The normalized spacial score (nSPS) is 17.3. The van der Waals surface area contributed by atoms with E-state index in [1.807, 2.05) is 13.8 Å². The van der Waals surface area contributed by atoms with E-state index in [0.717, 1.165) is 5.56 Å². The number of benzene rings is 1. The number of nitrogens with zero attached hydrogens (tertiary/aromatic N) is 1. The van der Waals surface area contributed by atoms with Crippen LogP contribution in [0, 0.1) is 5.92 Å². The second-order valence-electron chi connectivity index (χ2n) is 7.16. The summed E-state index contributed by atoms with van der Waals surface area (Å²) in [5.41, 5.74) is 2.33. The molecule has 3 amide bonds. The van der Waals surface area contributed by atoms with Crippen LogP contribution in [-0.2, 0) is 14.3 Å². The van der Waals surface area contributed by atoms with Crippen molar-refractivity contribution in [2.75, 3.05) is 12.4 Å². The molecule has 2 rings (SSSR count). The van der Waals surface area contributed by atoms with Gasteiger partial charge in [0.05, 0.1) is 17.7 Å². The molecule has 1 aliphatic rings. The van der Waals surface area contributed by atoms with Crippen LogP contribution in [0.5, 0.6) is 0 Å². The summed E-state index contributed by atoms with van der Waals surface area (Å²) in [6.45, 7) is 8.91. The lowest BCUT2D eigenvalue weighted by Crippen LogP contribution is -2.46. The third-order valence-corrected chi connectivity index (χ3v) is 4.35. The van der Waals surface area contributed by atoms with Crippen molar-refractivity contribution >= 4 is 23.6 Å². The molecule has 1 heterocycles. The minimum Gasteiger partial charge on any atom is -0.459 e. The lowest BCUT2D eigenvalue weighted by atomic mass is 9.95. The topological polar surface area (TPSA) is 87.7 Å². The zero-order chi connectivity index (χ0) is 20.3. The Labute approximate surface area is 159 Å². The maximum Gasteiger partial charge on any atom is 0.338 e. The monoisotopic (exact) mass is 373 g/mol. The highest BCUT2D eigenvalue weighted by atomic mass is 16.5. The third-order valence-electron chi connectivity index (χ3n) is 4.35. The van der Waals surface area contributed by atoms with E-state index in [9.17, 15) is 14.4 Å². The van der Waals surface area contributed by atoms with Gasteiger partial charge < -0.3 is 20.3 Å². The van der Waals surface area contributed by atoms with Gasteiger partial charge in [0.15, 0.2) is 0 Å². The van der Waals surface area contributed by atoms with E-state index in [1.54, 1.807) is 52.1 Å². The number of ether oxygens (including phenoxy) is 1. The molecule has 1 aromatic rings. The van der Waals surface area contributed by atoms with Crippen LogP contribution < -0.4 is 10.6 Å². The number of rotatable bonds is 5. The van der Waals surface area contributed by atoms with Crippen molar-refractivity contribution in [1.82, 2.24) is 10.2 Å². The first-order chi connectivity index (χ1) is 12.6. The van der Waals surface area contributed by atoms with E-state index in [4.69, 9.17) is 4.74 Å². The number of hydrogen-bond acceptors (Lipinski definition) is 4. The Balaban J connectivity index is 2.34. The molecule has 7 nitrogen and oxygen atoms in total. The summed E-state index contributed by atoms with van der Waals surface area (Å²) < 4.78 is 5.37. The Bertz CT molecular complexity index is 766. The van der Waals surface area contributed by atoms with Gasteiger partial charge in [-0.15, -0.1) is 0 Å². The molecule has 7 heteroatoms. The van der Waals surface area contributed by atoms with Crippen LogP contribution in [0.4, 0.5) is 10.5 Å². The van der Waals surface area contributed by atoms with Gasteiger partial charge in [-0.1, -0.05) is 26.0 Å². The van der Waals surface area contributed by atoms with Gasteiger partial charge in [-0.2, -0.15) is 0 Å². The van der Waals surface area contributed by atoms with Crippen molar-refractivity contribution in [2.24, 2.45) is 5.92 Å². The molecule has 0 spiro atoms. The Morgan fingerprint density at radius 3 is 2.26 bits per heavy atom. The Hall–Kier alpha value is -2.83. The molecule has 1 aromatic carbocycles. The second kappa shape index (κ2) is 8.24. The molecular formula is C20H27N3O4. The highest BCUT2D eigenvalue weighted by Gasteiger charge is 2.35. The molecule has 0 fully saturated rings. The number of allylic oxidation sites excluding steroid dienone is 1. The fourth-order valence-electron chi connectivity index (χ4n) is 2.67. The van der Waals surface area contributed by atoms with Gasteiger partial charge in [-0.25, -0.2) is 9.59 Å². The summed E-state index contributed by atoms with van der Waals surface area (Å²) in [5, 5.41) is 5.65. The molecule has 0 unspecified atom stereocenters. The number of nitrogens with one attached hydrogen (secondary N) is 2. The van der Waals surface area contributed by atoms with Crippen LogP contribution in [0.15, 0.2) is 35.5 Å². The molecular weight excluding hydrogens is 346 g/mol. The standard InChI is InChI=1S/C20H27N3O4/c1-11(2)18(24)21-15-9-7-14(8-10-15)17-16(19(25)27-12(3)4)13(5)23(6)20(26)22-17/h7-12,17H,1-6H3,(H,21,24)(H,22,26)/t17-/m1/s1. The van der Waals surface area contributed by atoms with Crippen molar-refractivity contribution in [2.45, 2.75) is 46.8 Å². The SMILES string of the molecule is CC1=C(C(=O)OC(C)C)[C@@H](c2ccc(NC(=O)C(C)C)cc2)NC(=O)N1C. The molecule has 27 heavy (non-hydrogen) atoms. The number of amides is 3. The Kier molecular flexibility index (Phi) is 6.25. The van der Waals surface area contributed by atoms with Gasteiger partial charge in [0, 0.05) is 24.4 Å². The first kappa shape index (κ1) is 20.5. The summed E-state index contributed by atoms with van der Waals surface area (Å²) in [6.07, 6.45) is -0.269. The van der Waals surface area contributed by atoms with Crippen LogP contribution >= 0.6 is 0 Å². The summed E-state index contributed by atoms with van der Waals surface area (Å²) in [6, 6.07) is 6.15. The van der Waals surface area contributed by atoms with Crippen molar-refractivity contribution in [3.05, 3.63) is 41.1 Å². The number of hydrogen-bond donors (Lipinski definition) is 2. The Morgan fingerprint density at radius 2 is 1.74 bits per heavy atom. The number of carbonyl (C=O) groups excluding carboxylic acids is 3. The number of anilines is 1. The van der Waals surface area contributed by atoms with Crippen molar-refractivity contribution < 1.29 is 19.1 Å². The minimum atomic E-state index is -0.616. The first-order valence-electron chi connectivity index (χ1n) is 8.98. The number of esters is 1. The molecule has 2 N–H and O–H groups in total. The van der Waals surface area contributed by atoms with Gasteiger partial charge in [-0.05, 0) is 38.5 Å². The average Bonchev–Trinajstić information content (AvgIpc) is 2.59. The summed E-state index contributed by atoms with van der Waals surface area (Å²) in [5.74, 6) is -0.662. The van der Waals surface area contributed by atoms with E-state index in [2.05, 4.69) is 10.6 Å². The molecule has 0 saturated carbocycles. The third kappa shape index (κ3) is 4.67. The van der Waals surface area contributed by atoms with E-state index in [0.29, 0.717) is 17.0 Å². The number of carbonyl (C=O) groups is 3. The second-order valence-corrected chi connectivity index (χ2v) is 7.16. The van der Waals surface area contributed by atoms with Crippen molar-refractivity contribution in [1.29, 1.82) is 0 Å². The van der Waals surface area contributed by atoms with Crippen LogP contribution in [0.1, 0.15) is 46.2 Å². The van der Waals surface area contributed by atoms with Crippen molar-refractivity contribution in [3.8, 4) is 0 Å². The number of urea groups is 1. The highest BCUT2D eigenvalue weighted by Crippen LogP contribution is 2.31. The zero-order valence-electron chi connectivity index (χ0n) is 16.6. The fraction of sp³-hybridized carbons (Fsp3) is 0.450. The molecule has 1 atom stereocenters. The molecule has 0 aliphatic carbocycles. The largest absolute Gasteiger partial charge is 0.459 e. The van der Waals surface area contributed by atoms with Gasteiger partial charge in [0.2, 0.25) is 5.91 Å². The highest BCUT2D eigenvalue weighted by molar-refractivity contribution is 5.95. The predicted octanol–water partition coefficient (Wildman–Crippen LogP) is 3.20. The van der Waals surface area contributed by atoms with Gasteiger partial charge >= 0.3 is 12.0 Å². The zero-order valence-corrected chi connectivity index (χ0v) is 16.6. The lowest BCUT2D eigenvalue weighted by Gasteiger charge is -2.33. The average molecular weight is 373 g/mol. The minimum absolute atomic E-state index is 0.0766. The molecule has 0 saturated heterocycles. The molecule has 0 bridgehead atoms. The van der Waals surface area contributed by atoms with Gasteiger partial charge in [-0.3, -0.25) is 4.79 Å². The molecule has 1 aliphatic heterocycles. The fourth-order valence-corrected chi connectivity index (χ4v) is 2.67. The Morgan fingerprint density at radius 1 is 1.15 bits per heavy atom. The van der Waals surface area contributed by atoms with Gasteiger partial charge in [0.25, 0.3) is 0 Å². The van der Waals surface area contributed by atoms with E-state index in [1.165, 1.54) is 4.90 Å². The van der Waals surface area contributed by atoms with Crippen LogP contribution in [0.3, 0.4) is 0 Å². The van der Waals surface area contributed by atoms with E-state index in [-0.39, 0.29) is 24.0 Å². The molecule has 146 valence electrons. The molecule has 0 aromatic heterocycles. The maximum absolute atomic E-state index is 12.6. The smallest absolute Gasteiger partial charge is 0.338 e. The summed E-state index contributed by atoms with van der Waals surface area (Å²) in [7, 11) is 1.61. The lowest BCUT2D eigenvalue weighted by molar-refractivity contribution is -0.143. The first-order valence-corrected chi connectivity index (χ1v) is 8.98. The van der Waals surface area contributed by atoms with Crippen LogP contribution in [0.25, 0.3) is 0 Å². The summed E-state index contributed by atoms with van der Waals surface area (Å²) in [4.78, 5) is 38.1. The van der Waals surface area contributed by atoms with Crippen LogP contribution in [0.2, 0.25) is 0 Å². The van der Waals surface area contributed by atoms with Crippen molar-refractivity contribution in [3.63, 3.8) is 0 Å². The van der Waals surface area contributed by atoms with Crippen LogP contribution in [-0.4, -0.2) is 36.0 Å². The van der Waals surface area contributed by atoms with Gasteiger partial charge in [0.1, 0.15) is 0 Å².